The van der Waals surface area contributed by atoms with Gasteiger partial charge in [-0.3, -0.25) is 4.57 Å². The Hall–Kier alpha value is -2.14. The molecule has 1 heterocycles. The Kier molecular flexibility index (Phi) is 5.81. The van der Waals surface area contributed by atoms with Gasteiger partial charge < -0.3 is 4.74 Å². The molecule has 6 heteroatoms. The van der Waals surface area contributed by atoms with E-state index in [4.69, 9.17) is 32.9 Å². The van der Waals surface area contributed by atoms with Gasteiger partial charge in [0.05, 0.1) is 17.6 Å². The van der Waals surface area contributed by atoms with Crippen LogP contribution in [-0.2, 0) is 5.75 Å². The van der Waals surface area contributed by atoms with Gasteiger partial charge in [-0.15, -0.1) is 0 Å². The first-order valence-electron chi connectivity index (χ1n) is 8.93. The monoisotopic (exact) mass is 428 g/mol. The van der Waals surface area contributed by atoms with Crippen LogP contribution in [0.3, 0.4) is 0 Å². The highest BCUT2D eigenvalue weighted by Gasteiger charge is 2.15. The van der Waals surface area contributed by atoms with Crippen molar-refractivity contribution in [1.29, 1.82) is 0 Å². The van der Waals surface area contributed by atoms with Gasteiger partial charge in [-0.1, -0.05) is 53.2 Å². The molecule has 0 atom stereocenters. The summed E-state index contributed by atoms with van der Waals surface area (Å²) in [5, 5.41) is 2.23. The fourth-order valence-electron chi connectivity index (χ4n) is 3.02. The molecule has 4 rings (SSSR count). The molecule has 0 radical (unpaired) electrons. The molecular formula is C22H18Cl2N2OS. The summed E-state index contributed by atoms with van der Waals surface area (Å²) >= 11 is 14.3. The number of hydrogen-bond acceptors (Lipinski definition) is 3. The first-order valence-corrected chi connectivity index (χ1v) is 10.7. The Balaban J connectivity index is 1.73. The second-order valence-corrected chi connectivity index (χ2v) is 7.89. The predicted molar refractivity (Wildman–Crippen MR) is 118 cm³/mol. The van der Waals surface area contributed by atoms with Crippen molar-refractivity contribution in [2.75, 3.05) is 6.61 Å². The van der Waals surface area contributed by atoms with Crippen LogP contribution in [0.4, 0.5) is 0 Å². The van der Waals surface area contributed by atoms with E-state index in [-0.39, 0.29) is 0 Å². The molecule has 1 aromatic heterocycles. The number of para-hydroxylation sites is 2. The summed E-state index contributed by atoms with van der Waals surface area (Å²) in [6, 6.07) is 21.7. The molecule has 3 aromatic carbocycles. The molecule has 142 valence electrons. The fraction of sp³-hybridized carbons (Fsp3) is 0.136. The lowest BCUT2D eigenvalue weighted by atomic mass is 10.2. The van der Waals surface area contributed by atoms with E-state index in [1.54, 1.807) is 11.8 Å². The molecule has 0 N–H and O–H groups in total. The topological polar surface area (TPSA) is 27.1 Å². The van der Waals surface area contributed by atoms with Gasteiger partial charge in [-0.25, -0.2) is 4.98 Å². The molecule has 3 nitrogen and oxygen atoms in total. The Morgan fingerprint density at radius 1 is 0.929 bits per heavy atom. The molecule has 0 aliphatic heterocycles. The SMILES string of the molecule is CCOc1ccc(-n2c(SCc3c(Cl)cccc3Cl)nc3ccccc32)cc1. The molecule has 0 unspecified atom stereocenters. The maximum Gasteiger partial charge on any atom is 0.174 e. The van der Waals surface area contributed by atoms with Gasteiger partial charge in [0.15, 0.2) is 5.16 Å². The summed E-state index contributed by atoms with van der Waals surface area (Å²) in [5.74, 6) is 1.49. The van der Waals surface area contributed by atoms with Crippen LogP contribution in [0.25, 0.3) is 16.7 Å². The number of rotatable bonds is 6. The number of hydrogen-bond donors (Lipinski definition) is 0. The van der Waals surface area contributed by atoms with Gasteiger partial charge in [0, 0.05) is 21.5 Å². The number of aromatic nitrogens is 2. The number of halogens is 2. The smallest absolute Gasteiger partial charge is 0.174 e. The van der Waals surface area contributed by atoms with E-state index in [2.05, 4.69) is 10.6 Å². The molecule has 0 saturated heterocycles. The normalized spacial score (nSPS) is 11.1. The van der Waals surface area contributed by atoms with Gasteiger partial charge in [0.2, 0.25) is 0 Å². The number of imidazole rings is 1. The lowest BCUT2D eigenvalue weighted by Gasteiger charge is -2.11. The van der Waals surface area contributed by atoms with E-state index in [9.17, 15) is 0 Å². The number of benzene rings is 3. The van der Waals surface area contributed by atoms with Crippen LogP contribution < -0.4 is 4.74 Å². The average Bonchev–Trinajstić information content (AvgIpc) is 3.07. The molecule has 0 bridgehead atoms. The highest BCUT2D eigenvalue weighted by molar-refractivity contribution is 7.98. The van der Waals surface area contributed by atoms with Crippen LogP contribution in [0.2, 0.25) is 10.0 Å². The van der Waals surface area contributed by atoms with Crippen LogP contribution in [-0.4, -0.2) is 16.2 Å². The minimum Gasteiger partial charge on any atom is -0.494 e. The van der Waals surface area contributed by atoms with E-state index < -0.39 is 0 Å². The third-order valence-electron chi connectivity index (χ3n) is 4.34. The minimum atomic E-state index is 0.638. The van der Waals surface area contributed by atoms with Crippen molar-refractivity contribution in [3.63, 3.8) is 0 Å². The standard InChI is InChI=1S/C22H18Cl2N2OS/c1-2-27-16-12-10-15(11-13-16)26-21-9-4-3-8-20(21)25-22(26)28-14-17-18(23)6-5-7-19(17)24/h3-13H,2,14H2,1H3. The maximum atomic E-state index is 6.34. The zero-order valence-electron chi connectivity index (χ0n) is 15.2. The van der Waals surface area contributed by atoms with Crippen LogP contribution in [0.1, 0.15) is 12.5 Å². The van der Waals surface area contributed by atoms with Crippen molar-refractivity contribution < 1.29 is 4.74 Å². The number of nitrogens with zero attached hydrogens (tertiary/aromatic N) is 2. The summed E-state index contributed by atoms with van der Waals surface area (Å²) in [6.45, 7) is 2.62. The second kappa shape index (κ2) is 8.48. The molecule has 0 aliphatic rings. The lowest BCUT2D eigenvalue weighted by molar-refractivity contribution is 0.340. The van der Waals surface area contributed by atoms with E-state index in [1.807, 2.05) is 67.6 Å². The number of fused-ring (bicyclic) bond motifs is 1. The van der Waals surface area contributed by atoms with Crippen molar-refractivity contribution in [3.05, 3.63) is 82.3 Å². The molecule has 0 aliphatic carbocycles. The predicted octanol–water partition coefficient (Wildman–Crippen LogP) is 7.02. The van der Waals surface area contributed by atoms with Gasteiger partial charge in [-0.2, -0.15) is 0 Å². The van der Waals surface area contributed by atoms with Gasteiger partial charge in [-0.05, 0) is 61.0 Å². The van der Waals surface area contributed by atoms with Crippen molar-refractivity contribution in [3.8, 4) is 11.4 Å². The Morgan fingerprint density at radius 2 is 1.64 bits per heavy atom. The Labute approximate surface area is 178 Å². The van der Waals surface area contributed by atoms with Gasteiger partial charge in [0.1, 0.15) is 5.75 Å². The average molecular weight is 429 g/mol. The number of ether oxygens (including phenoxy) is 1. The van der Waals surface area contributed by atoms with E-state index in [1.165, 1.54) is 0 Å². The third kappa shape index (κ3) is 3.86. The Bertz CT molecular complexity index is 1090. The summed E-state index contributed by atoms with van der Waals surface area (Å²) < 4.78 is 7.72. The minimum absolute atomic E-state index is 0.638. The molecular weight excluding hydrogens is 411 g/mol. The van der Waals surface area contributed by atoms with Gasteiger partial charge in [0.25, 0.3) is 0 Å². The van der Waals surface area contributed by atoms with Crippen LogP contribution in [0, 0.1) is 0 Å². The Morgan fingerprint density at radius 3 is 2.36 bits per heavy atom. The van der Waals surface area contributed by atoms with Crippen molar-refractivity contribution in [2.24, 2.45) is 0 Å². The zero-order chi connectivity index (χ0) is 19.5. The quantitative estimate of drug-likeness (QED) is 0.308. The zero-order valence-corrected chi connectivity index (χ0v) is 17.6. The highest BCUT2D eigenvalue weighted by Crippen LogP contribution is 2.34. The van der Waals surface area contributed by atoms with E-state index in [0.29, 0.717) is 22.4 Å². The molecule has 0 fully saturated rings. The van der Waals surface area contributed by atoms with Crippen molar-refractivity contribution >= 4 is 46.0 Å². The molecule has 0 saturated carbocycles. The lowest BCUT2D eigenvalue weighted by Crippen LogP contribution is -1.98. The summed E-state index contributed by atoms with van der Waals surface area (Å²) in [5.41, 5.74) is 3.95. The maximum absolute atomic E-state index is 6.34. The highest BCUT2D eigenvalue weighted by atomic mass is 35.5. The fourth-order valence-corrected chi connectivity index (χ4v) is 4.79. The molecule has 0 spiro atoms. The second-order valence-electron chi connectivity index (χ2n) is 6.13. The van der Waals surface area contributed by atoms with Crippen molar-refractivity contribution in [1.82, 2.24) is 9.55 Å². The van der Waals surface area contributed by atoms with E-state index in [0.717, 1.165) is 33.2 Å². The summed E-state index contributed by atoms with van der Waals surface area (Å²) in [4.78, 5) is 4.83. The van der Waals surface area contributed by atoms with Crippen LogP contribution in [0.5, 0.6) is 5.75 Å². The third-order valence-corrected chi connectivity index (χ3v) is 6.02. The molecule has 0 amide bonds. The van der Waals surface area contributed by atoms with Gasteiger partial charge >= 0.3 is 0 Å². The van der Waals surface area contributed by atoms with E-state index >= 15 is 0 Å². The first kappa shape index (κ1) is 19.2. The largest absolute Gasteiger partial charge is 0.494 e. The molecule has 4 aromatic rings. The summed E-state index contributed by atoms with van der Waals surface area (Å²) in [7, 11) is 0. The first-order chi connectivity index (χ1) is 13.7. The van der Waals surface area contributed by atoms with Crippen LogP contribution >= 0.6 is 35.0 Å². The number of thioether (sulfide) groups is 1. The summed E-state index contributed by atoms with van der Waals surface area (Å²) in [6.07, 6.45) is 0. The van der Waals surface area contributed by atoms with Crippen molar-refractivity contribution in [2.45, 2.75) is 17.8 Å². The molecule has 28 heavy (non-hydrogen) atoms. The van der Waals surface area contributed by atoms with Crippen LogP contribution in [0.15, 0.2) is 71.9 Å².